The number of hydrogen-bond donors (Lipinski definition) is 1. The number of nitrogens with zero attached hydrogens (tertiary/aromatic N) is 4. The third-order valence-corrected chi connectivity index (χ3v) is 6.93. The van der Waals surface area contributed by atoms with Gasteiger partial charge in [-0.15, -0.1) is 0 Å². The molecule has 41 heavy (non-hydrogen) atoms. The first-order valence-electron chi connectivity index (χ1n) is 13.4. The lowest BCUT2D eigenvalue weighted by molar-refractivity contribution is -0.384. The fourth-order valence-corrected chi connectivity index (χ4v) is 4.58. The van der Waals surface area contributed by atoms with Crippen molar-refractivity contribution in [3.63, 3.8) is 0 Å². The minimum Gasteiger partial charge on any atom is -0.489 e. The summed E-state index contributed by atoms with van der Waals surface area (Å²) in [6.45, 7) is 5.15. The number of para-hydroxylation sites is 1. The van der Waals surface area contributed by atoms with Crippen molar-refractivity contribution in [2.45, 2.75) is 13.2 Å². The molecule has 1 aliphatic rings. The first kappa shape index (κ1) is 27.5. The van der Waals surface area contributed by atoms with Gasteiger partial charge in [0, 0.05) is 56.1 Å². The molecule has 1 amide bonds. The molecule has 0 unspecified atom stereocenters. The van der Waals surface area contributed by atoms with Crippen LogP contribution in [0.4, 0.5) is 11.4 Å². The molecule has 0 radical (unpaired) electrons. The summed E-state index contributed by atoms with van der Waals surface area (Å²) in [7, 11) is 0. The van der Waals surface area contributed by atoms with Gasteiger partial charge in [-0.3, -0.25) is 19.8 Å². The smallest absolute Gasteiger partial charge is 0.271 e. The Morgan fingerprint density at radius 3 is 2.17 bits per heavy atom. The van der Waals surface area contributed by atoms with Gasteiger partial charge in [0.25, 0.3) is 11.6 Å². The maximum absolute atomic E-state index is 12.5. The third-order valence-electron chi connectivity index (χ3n) is 6.93. The molecule has 1 N–H and O–H groups in total. The van der Waals surface area contributed by atoms with Crippen LogP contribution in [0.25, 0.3) is 0 Å². The molecule has 208 valence electrons. The summed E-state index contributed by atoms with van der Waals surface area (Å²) in [6, 6.07) is 31.7. The van der Waals surface area contributed by atoms with Gasteiger partial charge in [0.2, 0.25) is 0 Å². The standard InChI is InChI=1S/C32H31N5O4/c38-32(28-12-6-26(7-13-28)23-35-18-20-36(21-19-35)29-4-2-1-3-5-29)34-33-22-25-10-16-31(17-11-25)41-24-27-8-14-30(15-9-27)37(39)40/h1-17,22H,18-21,23-24H2,(H,34,38)/b33-22-. The number of non-ortho nitro benzene ring substituents is 1. The van der Waals surface area contributed by atoms with E-state index in [4.69, 9.17) is 4.74 Å². The van der Waals surface area contributed by atoms with E-state index in [2.05, 4.69) is 44.6 Å². The Labute approximate surface area is 238 Å². The van der Waals surface area contributed by atoms with Gasteiger partial charge < -0.3 is 9.64 Å². The molecule has 1 saturated heterocycles. The zero-order valence-corrected chi connectivity index (χ0v) is 22.6. The Balaban J connectivity index is 1.04. The largest absolute Gasteiger partial charge is 0.489 e. The highest BCUT2D eigenvalue weighted by Crippen LogP contribution is 2.18. The van der Waals surface area contributed by atoms with Crippen LogP contribution in [0.5, 0.6) is 5.75 Å². The Kier molecular flexibility index (Phi) is 8.98. The zero-order chi connectivity index (χ0) is 28.4. The first-order valence-corrected chi connectivity index (χ1v) is 13.4. The number of anilines is 1. The molecule has 0 aliphatic carbocycles. The molecule has 0 saturated carbocycles. The van der Waals surface area contributed by atoms with Crippen molar-refractivity contribution in [2.24, 2.45) is 5.10 Å². The van der Waals surface area contributed by atoms with Crippen molar-refractivity contribution >= 4 is 23.5 Å². The van der Waals surface area contributed by atoms with E-state index in [9.17, 15) is 14.9 Å². The lowest BCUT2D eigenvalue weighted by Crippen LogP contribution is -2.45. The maximum Gasteiger partial charge on any atom is 0.271 e. The van der Waals surface area contributed by atoms with Gasteiger partial charge in [0.1, 0.15) is 12.4 Å². The van der Waals surface area contributed by atoms with Gasteiger partial charge in [-0.2, -0.15) is 5.10 Å². The van der Waals surface area contributed by atoms with E-state index < -0.39 is 4.92 Å². The predicted octanol–water partition coefficient (Wildman–Crippen LogP) is 5.26. The molecule has 4 aromatic carbocycles. The van der Waals surface area contributed by atoms with Crippen LogP contribution in [-0.4, -0.2) is 48.1 Å². The Morgan fingerprint density at radius 2 is 1.51 bits per heavy atom. The molecule has 1 aliphatic heterocycles. The normalized spacial score (nSPS) is 13.7. The molecule has 0 bridgehead atoms. The number of ether oxygens (including phenoxy) is 1. The van der Waals surface area contributed by atoms with Crippen molar-refractivity contribution in [3.8, 4) is 5.75 Å². The third kappa shape index (κ3) is 7.77. The van der Waals surface area contributed by atoms with E-state index in [1.54, 1.807) is 30.5 Å². The maximum atomic E-state index is 12.5. The number of nitro groups is 1. The minimum atomic E-state index is -0.431. The number of hydrogen-bond acceptors (Lipinski definition) is 7. The monoisotopic (exact) mass is 549 g/mol. The number of benzene rings is 4. The summed E-state index contributed by atoms with van der Waals surface area (Å²) >= 11 is 0. The van der Waals surface area contributed by atoms with E-state index in [0.29, 0.717) is 17.9 Å². The lowest BCUT2D eigenvalue weighted by Gasteiger charge is -2.36. The van der Waals surface area contributed by atoms with Crippen LogP contribution >= 0.6 is 0 Å². The summed E-state index contributed by atoms with van der Waals surface area (Å²) in [6.07, 6.45) is 1.57. The van der Waals surface area contributed by atoms with Crippen LogP contribution in [0.1, 0.15) is 27.0 Å². The van der Waals surface area contributed by atoms with Crippen LogP contribution < -0.4 is 15.1 Å². The number of amides is 1. The minimum absolute atomic E-state index is 0.0469. The number of nitro benzene ring substituents is 1. The predicted molar refractivity (Wildman–Crippen MR) is 159 cm³/mol. The van der Waals surface area contributed by atoms with Crippen molar-refractivity contribution < 1.29 is 14.5 Å². The lowest BCUT2D eigenvalue weighted by atomic mass is 10.1. The van der Waals surface area contributed by atoms with Crippen LogP contribution in [0, 0.1) is 10.1 Å². The fourth-order valence-electron chi connectivity index (χ4n) is 4.58. The Morgan fingerprint density at radius 1 is 0.854 bits per heavy atom. The van der Waals surface area contributed by atoms with Gasteiger partial charge >= 0.3 is 0 Å². The molecule has 1 fully saturated rings. The molecular formula is C32H31N5O4. The van der Waals surface area contributed by atoms with Gasteiger partial charge in [0.05, 0.1) is 11.1 Å². The van der Waals surface area contributed by atoms with Gasteiger partial charge in [-0.25, -0.2) is 5.43 Å². The Bertz CT molecular complexity index is 1470. The summed E-state index contributed by atoms with van der Waals surface area (Å²) in [5.74, 6) is 0.384. The molecular weight excluding hydrogens is 518 g/mol. The Hall–Kier alpha value is -5.02. The quantitative estimate of drug-likeness (QED) is 0.165. The molecule has 0 spiro atoms. The van der Waals surface area contributed by atoms with Crippen molar-refractivity contribution in [1.29, 1.82) is 0 Å². The average Bonchev–Trinajstić information content (AvgIpc) is 3.02. The zero-order valence-electron chi connectivity index (χ0n) is 22.6. The van der Waals surface area contributed by atoms with Crippen LogP contribution in [0.2, 0.25) is 0 Å². The fraction of sp³-hybridized carbons (Fsp3) is 0.188. The van der Waals surface area contributed by atoms with Gasteiger partial charge in [-0.05, 0) is 77.4 Å². The molecule has 0 atom stereocenters. The van der Waals surface area contributed by atoms with Crippen molar-refractivity contribution in [3.05, 3.63) is 135 Å². The second-order valence-corrected chi connectivity index (χ2v) is 9.78. The first-order chi connectivity index (χ1) is 20.0. The van der Waals surface area contributed by atoms with E-state index in [1.165, 1.54) is 23.4 Å². The van der Waals surface area contributed by atoms with Gasteiger partial charge in [-0.1, -0.05) is 30.3 Å². The SMILES string of the molecule is O=C(N/N=C\c1ccc(OCc2ccc([N+](=O)[O-])cc2)cc1)c1ccc(CN2CCN(c3ccccc3)CC2)cc1. The number of rotatable bonds is 10. The highest BCUT2D eigenvalue weighted by atomic mass is 16.6. The van der Waals surface area contributed by atoms with Crippen LogP contribution in [0.15, 0.2) is 108 Å². The average molecular weight is 550 g/mol. The summed E-state index contributed by atoms with van der Waals surface area (Å²) in [4.78, 5) is 27.7. The van der Waals surface area contributed by atoms with Crippen LogP contribution in [-0.2, 0) is 13.2 Å². The summed E-state index contributed by atoms with van der Waals surface area (Å²) in [5, 5.41) is 14.8. The number of carbonyl (C=O) groups is 1. The van der Waals surface area contributed by atoms with E-state index in [1.807, 2.05) is 42.5 Å². The second-order valence-electron chi connectivity index (χ2n) is 9.78. The highest BCUT2D eigenvalue weighted by molar-refractivity contribution is 5.94. The number of hydrazone groups is 1. The van der Waals surface area contributed by atoms with E-state index in [0.717, 1.165) is 43.9 Å². The molecule has 0 aromatic heterocycles. The van der Waals surface area contributed by atoms with E-state index in [-0.39, 0.29) is 11.6 Å². The summed E-state index contributed by atoms with van der Waals surface area (Å²) in [5.41, 5.74) is 7.26. The molecule has 1 heterocycles. The van der Waals surface area contributed by atoms with Crippen molar-refractivity contribution in [1.82, 2.24) is 10.3 Å². The van der Waals surface area contributed by atoms with Crippen LogP contribution in [0.3, 0.4) is 0 Å². The second kappa shape index (κ2) is 13.4. The molecule has 4 aromatic rings. The number of carbonyl (C=O) groups excluding carboxylic acids is 1. The highest BCUT2D eigenvalue weighted by Gasteiger charge is 2.17. The summed E-state index contributed by atoms with van der Waals surface area (Å²) < 4.78 is 5.74. The molecule has 5 rings (SSSR count). The molecule has 9 heteroatoms. The topological polar surface area (TPSA) is 100 Å². The van der Waals surface area contributed by atoms with E-state index >= 15 is 0 Å². The van der Waals surface area contributed by atoms with Crippen molar-refractivity contribution in [2.75, 3.05) is 31.1 Å². The number of nitrogens with one attached hydrogen (secondary N) is 1. The number of piperazine rings is 1. The van der Waals surface area contributed by atoms with Gasteiger partial charge in [0.15, 0.2) is 0 Å². The molecule has 9 nitrogen and oxygen atoms in total.